The standard InChI is InChI=1S/C23H28N2O2/c26-22-23(13-4-15-24-22)14-5-16-25(23)18-20-8-10-21(11-9-20)27-17-12-19-6-2-1-3-7-19/h1-3,6-11H,4-5,12-18H2,(H,24,26). The van der Waals surface area contributed by atoms with Gasteiger partial charge in [0.25, 0.3) is 0 Å². The van der Waals surface area contributed by atoms with Crippen molar-refractivity contribution < 1.29 is 9.53 Å². The smallest absolute Gasteiger partial charge is 0.240 e. The van der Waals surface area contributed by atoms with Crippen molar-refractivity contribution in [1.82, 2.24) is 10.2 Å². The second-order valence-corrected chi connectivity index (χ2v) is 7.64. The Kier molecular flexibility index (Phi) is 5.44. The molecule has 1 N–H and O–H groups in total. The van der Waals surface area contributed by atoms with E-state index in [0.29, 0.717) is 6.61 Å². The van der Waals surface area contributed by atoms with E-state index in [4.69, 9.17) is 4.74 Å². The molecule has 2 aromatic carbocycles. The van der Waals surface area contributed by atoms with Crippen LogP contribution in [0.2, 0.25) is 0 Å². The van der Waals surface area contributed by atoms with Crippen molar-refractivity contribution in [2.45, 2.75) is 44.2 Å². The lowest BCUT2D eigenvalue weighted by Crippen LogP contribution is -2.58. The van der Waals surface area contributed by atoms with Crippen molar-refractivity contribution in [2.24, 2.45) is 0 Å². The van der Waals surface area contributed by atoms with Gasteiger partial charge in [0.2, 0.25) is 5.91 Å². The third-order valence-electron chi connectivity index (χ3n) is 5.90. The van der Waals surface area contributed by atoms with Crippen molar-refractivity contribution >= 4 is 5.91 Å². The number of piperidine rings is 1. The molecule has 0 aliphatic carbocycles. The van der Waals surface area contributed by atoms with Crippen LogP contribution in [-0.4, -0.2) is 36.0 Å². The molecule has 2 heterocycles. The topological polar surface area (TPSA) is 41.6 Å². The summed E-state index contributed by atoms with van der Waals surface area (Å²) in [5.74, 6) is 1.13. The van der Waals surface area contributed by atoms with Crippen molar-refractivity contribution in [1.29, 1.82) is 0 Å². The van der Waals surface area contributed by atoms with E-state index in [1.165, 1.54) is 11.1 Å². The lowest BCUT2D eigenvalue weighted by Gasteiger charge is -2.40. The van der Waals surface area contributed by atoms with Gasteiger partial charge in [-0.3, -0.25) is 9.69 Å². The summed E-state index contributed by atoms with van der Waals surface area (Å²) in [6.07, 6.45) is 5.07. The predicted molar refractivity (Wildman–Crippen MR) is 107 cm³/mol. The highest BCUT2D eigenvalue weighted by atomic mass is 16.5. The Bertz CT molecular complexity index is 760. The van der Waals surface area contributed by atoms with Gasteiger partial charge in [-0.15, -0.1) is 0 Å². The van der Waals surface area contributed by atoms with E-state index in [1.807, 2.05) is 18.2 Å². The van der Waals surface area contributed by atoms with Gasteiger partial charge in [-0.1, -0.05) is 42.5 Å². The maximum Gasteiger partial charge on any atom is 0.240 e. The van der Waals surface area contributed by atoms with Gasteiger partial charge in [0.05, 0.1) is 6.61 Å². The fraction of sp³-hybridized carbons (Fsp3) is 0.435. The minimum absolute atomic E-state index is 0.229. The Balaban J connectivity index is 1.33. The third-order valence-corrected chi connectivity index (χ3v) is 5.90. The van der Waals surface area contributed by atoms with E-state index in [0.717, 1.165) is 57.5 Å². The fourth-order valence-electron chi connectivity index (χ4n) is 4.41. The van der Waals surface area contributed by atoms with Gasteiger partial charge in [0.15, 0.2) is 0 Å². The molecule has 4 heteroatoms. The highest BCUT2D eigenvalue weighted by Gasteiger charge is 2.47. The molecule has 2 fully saturated rings. The first-order valence-electron chi connectivity index (χ1n) is 10.1. The lowest BCUT2D eigenvalue weighted by atomic mass is 9.86. The fourth-order valence-corrected chi connectivity index (χ4v) is 4.41. The number of hydrogen-bond donors (Lipinski definition) is 1. The van der Waals surface area contributed by atoms with Crippen molar-refractivity contribution in [3.05, 3.63) is 65.7 Å². The van der Waals surface area contributed by atoms with Crippen LogP contribution in [0.3, 0.4) is 0 Å². The van der Waals surface area contributed by atoms with Crippen molar-refractivity contribution in [3.8, 4) is 5.75 Å². The molecule has 1 amide bonds. The molecule has 0 saturated carbocycles. The van der Waals surface area contributed by atoms with Crippen LogP contribution in [0, 0.1) is 0 Å². The first-order valence-corrected chi connectivity index (χ1v) is 10.1. The molecular formula is C23H28N2O2. The molecule has 1 spiro atoms. The van der Waals surface area contributed by atoms with E-state index in [9.17, 15) is 4.79 Å². The third kappa shape index (κ3) is 4.01. The molecule has 1 atom stereocenters. The number of amides is 1. The SMILES string of the molecule is O=C1NCCCC12CCCN2Cc1ccc(OCCc2ccccc2)cc1. The summed E-state index contributed by atoms with van der Waals surface area (Å²) in [6, 6.07) is 18.7. The van der Waals surface area contributed by atoms with Crippen LogP contribution in [0.5, 0.6) is 5.75 Å². The summed E-state index contributed by atoms with van der Waals surface area (Å²) in [4.78, 5) is 14.9. The Hall–Kier alpha value is -2.33. The molecule has 1 unspecified atom stereocenters. The zero-order chi connectivity index (χ0) is 18.5. The van der Waals surface area contributed by atoms with Gasteiger partial charge < -0.3 is 10.1 Å². The number of benzene rings is 2. The number of likely N-dealkylation sites (tertiary alicyclic amines) is 1. The molecule has 142 valence electrons. The lowest BCUT2D eigenvalue weighted by molar-refractivity contribution is -0.134. The molecule has 2 saturated heterocycles. The summed E-state index contributed by atoms with van der Waals surface area (Å²) in [7, 11) is 0. The van der Waals surface area contributed by atoms with E-state index in [2.05, 4.69) is 46.6 Å². The van der Waals surface area contributed by atoms with E-state index in [1.54, 1.807) is 0 Å². The first kappa shape index (κ1) is 18.1. The van der Waals surface area contributed by atoms with Gasteiger partial charge in [-0.25, -0.2) is 0 Å². The van der Waals surface area contributed by atoms with Crippen LogP contribution >= 0.6 is 0 Å². The zero-order valence-electron chi connectivity index (χ0n) is 15.8. The molecule has 4 nitrogen and oxygen atoms in total. The molecule has 0 aromatic heterocycles. The average molecular weight is 364 g/mol. The van der Waals surface area contributed by atoms with Crippen LogP contribution in [0.25, 0.3) is 0 Å². The molecule has 0 bridgehead atoms. The molecular weight excluding hydrogens is 336 g/mol. The van der Waals surface area contributed by atoms with Gasteiger partial charge in [-0.2, -0.15) is 0 Å². The van der Waals surface area contributed by atoms with E-state index >= 15 is 0 Å². The molecule has 27 heavy (non-hydrogen) atoms. The zero-order valence-corrected chi connectivity index (χ0v) is 15.8. The summed E-state index contributed by atoms with van der Waals surface area (Å²) >= 11 is 0. The highest BCUT2D eigenvalue weighted by molar-refractivity contribution is 5.87. The largest absolute Gasteiger partial charge is 0.493 e. The Morgan fingerprint density at radius 1 is 0.963 bits per heavy atom. The Morgan fingerprint density at radius 2 is 1.74 bits per heavy atom. The number of nitrogens with zero attached hydrogens (tertiary/aromatic N) is 1. The normalized spacial score (nSPS) is 22.7. The van der Waals surface area contributed by atoms with Crippen molar-refractivity contribution in [3.63, 3.8) is 0 Å². The van der Waals surface area contributed by atoms with E-state index in [-0.39, 0.29) is 11.4 Å². The second-order valence-electron chi connectivity index (χ2n) is 7.64. The summed E-state index contributed by atoms with van der Waals surface area (Å²) in [5, 5.41) is 3.08. The highest BCUT2D eigenvalue weighted by Crippen LogP contribution is 2.36. The molecule has 2 aromatic rings. The van der Waals surface area contributed by atoms with Crippen LogP contribution in [0.4, 0.5) is 0 Å². The van der Waals surface area contributed by atoms with Crippen LogP contribution < -0.4 is 10.1 Å². The first-order chi connectivity index (χ1) is 13.3. The number of rotatable bonds is 6. The Labute approximate surface area is 161 Å². The van der Waals surface area contributed by atoms with Gasteiger partial charge in [0, 0.05) is 19.5 Å². The number of ether oxygens (including phenoxy) is 1. The van der Waals surface area contributed by atoms with Gasteiger partial charge in [-0.05, 0) is 55.5 Å². The van der Waals surface area contributed by atoms with E-state index < -0.39 is 0 Å². The van der Waals surface area contributed by atoms with Gasteiger partial charge in [0.1, 0.15) is 11.3 Å². The maximum atomic E-state index is 12.5. The number of nitrogens with one attached hydrogen (secondary N) is 1. The summed E-state index contributed by atoms with van der Waals surface area (Å²) in [5.41, 5.74) is 2.26. The molecule has 0 radical (unpaired) electrons. The maximum absolute atomic E-state index is 12.5. The molecule has 2 aliphatic heterocycles. The Morgan fingerprint density at radius 3 is 2.52 bits per heavy atom. The average Bonchev–Trinajstić information content (AvgIpc) is 3.09. The summed E-state index contributed by atoms with van der Waals surface area (Å²) in [6.45, 7) is 3.34. The minimum Gasteiger partial charge on any atom is -0.493 e. The minimum atomic E-state index is -0.275. The molecule has 4 rings (SSSR count). The summed E-state index contributed by atoms with van der Waals surface area (Å²) < 4.78 is 5.88. The predicted octanol–water partition coefficient (Wildman–Crippen LogP) is 3.55. The number of carbonyl (C=O) groups excluding carboxylic acids is 1. The molecule has 2 aliphatic rings. The monoisotopic (exact) mass is 364 g/mol. The second kappa shape index (κ2) is 8.13. The van der Waals surface area contributed by atoms with Crippen molar-refractivity contribution in [2.75, 3.05) is 19.7 Å². The number of carbonyl (C=O) groups is 1. The number of hydrogen-bond acceptors (Lipinski definition) is 3. The quantitative estimate of drug-likeness (QED) is 0.852. The van der Waals surface area contributed by atoms with Crippen LogP contribution in [-0.2, 0) is 17.8 Å². The van der Waals surface area contributed by atoms with Crippen LogP contribution in [0.1, 0.15) is 36.8 Å². The van der Waals surface area contributed by atoms with Crippen LogP contribution in [0.15, 0.2) is 54.6 Å². The van der Waals surface area contributed by atoms with Gasteiger partial charge >= 0.3 is 0 Å².